The molecule has 52 heavy (non-hydrogen) atoms. The number of hydrogen-bond acceptors (Lipinski definition) is 5. The van der Waals surface area contributed by atoms with Gasteiger partial charge < -0.3 is 8.83 Å². The van der Waals surface area contributed by atoms with Gasteiger partial charge in [0.2, 0.25) is 0 Å². The van der Waals surface area contributed by atoms with Crippen molar-refractivity contribution in [2.75, 3.05) is 0 Å². The lowest BCUT2D eigenvalue weighted by Crippen LogP contribution is -2.03. The highest BCUT2D eigenvalue weighted by molar-refractivity contribution is 6.18. The van der Waals surface area contributed by atoms with Crippen LogP contribution in [-0.2, 0) is 0 Å². The molecule has 0 fully saturated rings. The highest BCUT2D eigenvalue weighted by Gasteiger charge is 2.20. The fraction of sp³-hybridized carbons (Fsp3) is 0.0426. The summed E-state index contributed by atoms with van der Waals surface area (Å²) < 4.78 is 13.2. The third-order valence-corrected chi connectivity index (χ3v) is 10.3. The second-order valence-corrected chi connectivity index (χ2v) is 13.4. The maximum absolute atomic E-state index is 6.72. The van der Waals surface area contributed by atoms with E-state index in [-0.39, 0.29) is 0 Å². The highest BCUT2D eigenvalue weighted by Crippen LogP contribution is 2.42. The van der Waals surface area contributed by atoms with Crippen LogP contribution in [0.5, 0.6) is 0 Å². The van der Waals surface area contributed by atoms with Gasteiger partial charge in [0.1, 0.15) is 22.3 Å². The van der Waals surface area contributed by atoms with E-state index < -0.39 is 0 Å². The second-order valence-electron chi connectivity index (χ2n) is 13.4. The predicted molar refractivity (Wildman–Crippen MR) is 212 cm³/mol. The minimum Gasteiger partial charge on any atom is -0.456 e. The van der Waals surface area contributed by atoms with Crippen LogP contribution in [0.15, 0.2) is 161 Å². The first-order valence-electron chi connectivity index (χ1n) is 17.7. The van der Waals surface area contributed by atoms with Gasteiger partial charge in [-0.25, -0.2) is 15.0 Å². The van der Waals surface area contributed by atoms with Crippen molar-refractivity contribution in [3.05, 3.63) is 158 Å². The number of furan rings is 2. The summed E-state index contributed by atoms with van der Waals surface area (Å²) in [6.07, 6.45) is 8.49. The number of rotatable bonds is 4. The minimum absolute atomic E-state index is 0.609. The number of aromatic nitrogens is 3. The molecule has 0 bridgehead atoms. The molecule has 3 aromatic heterocycles. The summed E-state index contributed by atoms with van der Waals surface area (Å²) in [6.45, 7) is 0. The lowest BCUT2D eigenvalue weighted by molar-refractivity contribution is 0.668. The van der Waals surface area contributed by atoms with Gasteiger partial charge in [0.25, 0.3) is 0 Å². The Morgan fingerprint density at radius 2 is 1.19 bits per heavy atom. The van der Waals surface area contributed by atoms with E-state index >= 15 is 0 Å². The summed E-state index contributed by atoms with van der Waals surface area (Å²) in [5.41, 5.74) is 8.30. The SMILES string of the molecule is C1=CC(c2nc(-c3ccc4ccccc4c3)nc(-c3cccc4oc5ccc(-c6cccc7c6oc6c8ccccc8ccc76)cc5c34)n2)=CCC1. The molecule has 244 valence electrons. The van der Waals surface area contributed by atoms with Crippen molar-refractivity contribution in [3.8, 4) is 33.9 Å². The summed E-state index contributed by atoms with van der Waals surface area (Å²) in [6, 6.07) is 46.4. The molecule has 0 amide bonds. The molecule has 11 rings (SSSR count). The first kappa shape index (κ1) is 28.9. The van der Waals surface area contributed by atoms with E-state index in [9.17, 15) is 0 Å². The number of nitrogens with zero attached hydrogens (tertiary/aromatic N) is 3. The Bertz CT molecular complexity index is 3140. The van der Waals surface area contributed by atoms with E-state index in [0.717, 1.165) is 101 Å². The van der Waals surface area contributed by atoms with Crippen LogP contribution in [0.1, 0.15) is 18.7 Å². The molecule has 3 heterocycles. The van der Waals surface area contributed by atoms with Crippen molar-refractivity contribution in [3.63, 3.8) is 0 Å². The molecule has 0 saturated carbocycles. The van der Waals surface area contributed by atoms with Gasteiger partial charge in [0.15, 0.2) is 17.5 Å². The lowest BCUT2D eigenvalue weighted by Gasteiger charge is -2.11. The fourth-order valence-corrected chi connectivity index (χ4v) is 7.80. The molecule has 0 atom stereocenters. The van der Waals surface area contributed by atoms with Gasteiger partial charge >= 0.3 is 0 Å². The molecule has 0 unspecified atom stereocenters. The molecule has 1 aliphatic rings. The maximum atomic E-state index is 6.72. The van der Waals surface area contributed by atoms with Gasteiger partial charge in [-0.2, -0.15) is 0 Å². The predicted octanol–water partition coefficient (Wildman–Crippen LogP) is 12.7. The smallest absolute Gasteiger partial charge is 0.164 e. The second kappa shape index (κ2) is 11.3. The van der Waals surface area contributed by atoms with Crippen molar-refractivity contribution in [1.82, 2.24) is 15.0 Å². The van der Waals surface area contributed by atoms with Crippen LogP contribution < -0.4 is 0 Å². The van der Waals surface area contributed by atoms with Crippen LogP contribution in [0.3, 0.4) is 0 Å². The van der Waals surface area contributed by atoms with Crippen LogP contribution in [-0.4, -0.2) is 15.0 Å². The van der Waals surface area contributed by atoms with Gasteiger partial charge in [-0.15, -0.1) is 0 Å². The van der Waals surface area contributed by atoms with E-state index in [1.165, 1.54) is 5.39 Å². The van der Waals surface area contributed by atoms with E-state index in [0.29, 0.717) is 17.5 Å². The molecule has 0 spiro atoms. The highest BCUT2D eigenvalue weighted by atomic mass is 16.3. The van der Waals surface area contributed by atoms with Crippen molar-refractivity contribution in [1.29, 1.82) is 0 Å². The molecule has 0 saturated heterocycles. The Balaban J connectivity index is 1.12. The van der Waals surface area contributed by atoms with E-state index in [1.807, 2.05) is 12.1 Å². The van der Waals surface area contributed by atoms with E-state index in [4.69, 9.17) is 23.8 Å². The summed E-state index contributed by atoms with van der Waals surface area (Å²) in [5.74, 6) is 1.91. The lowest BCUT2D eigenvalue weighted by atomic mass is 9.98. The van der Waals surface area contributed by atoms with Gasteiger partial charge in [0, 0.05) is 49.2 Å². The van der Waals surface area contributed by atoms with Gasteiger partial charge in [-0.1, -0.05) is 121 Å². The van der Waals surface area contributed by atoms with Crippen molar-refractivity contribution in [2.45, 2.75) is 12.8 Å². The third-order valence-electron chi connectivity index (χ3n) is 10.3. The quantitative estimate of drug-likeness (QED) is 0.187. The zero-order valence-corrected chi connectivity index (χ0v) is 28.0. The van der Waals surface area contributed by atoms with Crippen LogP contribution in [0.4, 0.5) is 0 Å². The van der Waals surface area contributed by atoms with Crippen LogP contribution in [0.25, 0.3) is 105 Å². The standard InChI is InChI=1S/C47H29N3O2/c1-2-12-30(13-3-1)45-48-46(33-21-20-28-10-4-5-14-31(28)26-33)50-47(49-45)38-18-9-19-41-42(38)39-27-32(23-25-40(39)51-41)35-16-8-17-36-37-24-22-29-11-6-7-15-34(29)43(37)52-44(35)36/h2,4-27H,1,3H2. The zero-order chi connectivity index (χ0) is 34.2. The molecule has 0 N–H and O–H groups in total. The molecular formula is C47H29N3O2. The molecule has 1 aliphatic carbocycles. The van der Waals surface area contributed by atoms with Gasteiger partial charge in [-0.3, -0.25) is 0 Å². The fourth-order valence-electron chi connectivity index (χ4n) is 7.80. The Morgan fingerprint density at radius 3 is 2.12 bits per heavy atom. The number of fused-ring (bicyclic) bond motifs is 9. The van der Waals surface area contributed by atoms with Crippen LogP contribution >= 0.6 is 0 Å². The first-order valence-corrected chi connectivity index (χ1v) is 17.7. The molecule has 0 aliphatic heterocycles. The van der Waals surface area contributed by atoms with Crippen LogP contribution in [0, 0.1) is 0 Å². The number of hydrogen-bond donors (Lipinski definition) is 0. The molecule has 10 aromatic rings. The third kappa shape index (κ3) is 4.53. The van der Waals surface area contributed by atoms with Crippen molar-refractivity contribution >= 4 is 71.0 Å². The molecular weight excluding hydrogens is 639 g/mol. The Labute approximate surface area is 298 Å². The average molecular weight is 668 g/mol. The largest absolute Gasteiger partial charge is 0.456 e. The molecule has 0 radical (unpaired) electrons. The zero-order valence-electron chi connectivity index (χ0n) is 28.0. The monoisotopic (exact) mass is 667 g/mol. The number of para-hydroxylation sites is 1. The summed E-state index contributed by atoms with van der Waals surface area (Å²) in [7, 11) is 0. The van der Waals surface area contributed by atoms with Gasteiger partial charge in [0.05, 0.1) is 0 Å². The molecule has 5 nitrogen and oxygen atoms in total. The van der Waals surface area contributed by atoms with E-state index in [1.54, 1.807) is 0 Å². The topological polar surface area (TPSA) is 65.0 Å². The number of allylic oxidation sites excluding steroid dienone is 4. The van der Waals surface area contributed by atoms with Crippen molar-refractivity contribution in [2.24, 2.45) is 0 Å². The summed E-state index contributed by atoms with van der Waals surface area (Å²) >= 11 is 0. The van der Waals surface area contributed by atoms with Crippen LogP contribution in [0.2, 0.25) is 0 Å². The summed E-state index contributed by atoms with van der Waals surface area (Å²) in [4.78, 5) is 15.3. The summed E-state index contributed by atoms with van der Waals surface area (Å²) in [5, 5.41) is 8.77. The van der Waals surface area contributed by atoms with E-state index in [2.05, 4.69) is 140 Å². The minimum atomic E-state index is 0.609. The first-order chi connectivity index (χ1) is 25.7. The average Bonchev–Trinajstić information content (AvgIpc) is 3.79. The Morgan fingerprint density at radius 1 is 0.442 bits per heavy atom. The molecule has 5 heteroatoms. The number of benzene rings is 7. The maximum Gasteiger partial charge on any atom is 0.164 e. The van der Waals surface area contributed by atoms with Crippen molar-refractivity contribution < 1.29 is 8.83 Å². The normalized spacial score (nSPS) is 13.3. The Kier molecular flexibility index (Phi) is 6.31. The van der Waals surface area contributed by atoms with Gasteiger partial charge in [-0.05, 0) is 64.9 Å². The molecule has 7 aromatic carbocycles. The Hall–Kier alpha value is -6.85.